The summed E-state index contributed by atoms with van der Waals surface area (Å²) >= 11 is 0. The minimum atomic E-state index is 0. The lowest BCUT2D eigenvalue weighted by Gasteiger charge is -2.22. The van der Waals surface area contributed by atoms with E-state index in [2.05, 4.69) is 55.7 Å². The highest BCUT2D eigenvalue weighted by Gasteiger charge is 2.19. The topological polar surface area (TPSA) is 41.1 Å². The van der Waals surface area contributed by atoms with Gasteiger partial charge in [0.2, 0.25) is 5.91 Å². The van der Waals surface area contributed by atoms with Gasteiger partial charge in [-0.2, -0.15) is 0 Å². The zero-order chi connectivity index (χ0) is 15.3. The van der Waals surface area contributed by atoms with Crippen LogP contribution in [0.25, 0.3) is 0 Å². The van der Waals surface area contributed by atoms with Gasteiger partial charge >= 0.3 is 0 Å². The first-order valence-electron chi connectivity index (χ1n) is 8.07. The van der Waals surface area contributed by atoms with Gasteiger partial charge in [-0.05, 0) is 42.3 Å². The Balaban J connectivity index is 0.00000242. The molecule has 124 valence electrons. The fraction of sp³-hybridized carbons (Fsp3) is 0.611. The minimum Gasteiger partial charge on any atom is -0.354 e. The van der Waals surface area contributed by atoms with Crippen LogP contribution in [0.4, 0.5) is 0 Å². The summed E-state index contributed by atoms with van der Waals surface area (Å²) < 4.78 is 0. The van der Waals surface area contributed by atoms with Crippen molar-refractivity contribution in [2.45, 2.75) is 57.9 Å². The molecule has 1 fully saturated rings. The number of carbonyl (C=O) groups is 1. The van der Waals surface area contributed by atoms with Crippen molar-refractivity contribution in [3.05, 3.63) is 35.4 Å². The van der Waals surface area contributed by atoms with Crippen LogP contribution in [0.5, 0.6) is 0 Å². The highest BCUT2D eigenvalue weighted by molar-refractivity contribution is 5.85. The van der Waals surface area contributed by atoms with Gasteiger partial charge in [0.1, 0.15) is 0 Å². The number of hydrogen-bond acceptors (Lipinski definition) is 2. The van der Waals surface area contributed by atoms with Crippen LogP contribution in [-0.2, 0) is 16.6 Å². The number of piperidine rings is 1. The van der Waals surface area contributed by atoms with E-state index in [1.165, 1.54) is 17.5 Å². The van der Waals surface area contributed by atoms with E-state index < -0.39 is 0 Å². The summed E-state index contributed by atoms with van der Waals surface area (Å²) in [5.41, 5.74) is 2.82. The molecule has 0 aromatic heterocycles. The Bertz CT molecular complexity index is 459. The Morgan fingerprint density at radius 2 is 1.91 bits per heavy atom. The van der Waals surface area contributed by atoms with E-state index in [-0.39, 0.29) is 29.8 Å². The summed E-state index contributed by atoms with van der Waals surface area (Å²) in [6.07, 6.45) is 4.19. The molecule has 3 nitrogen and oxygen atoms in total. The van der Waals surface area contributed by atoms with Gasteiger partial charge in [-0.15, -0.1) is 12.4 Å². The summed E-state index contributed by atoms with van der Waals surface area (Å²) in [4.78, 5) is 12.0. The summed E-state index contributed by atoms with van der Waals surface area (Å²) in [5.74, 6) is 0.154. The lowest BCUT2D eigenvalue weighted by Crippen LogP contribution is -2.47. The predicted octanol–water partition coefficient (Wildman–Crippen LogP) is 3.21. The van der Waals surface area contributed by atoms with Gasteiger partial charge in [-0.1, -0.05) is 51.5 Å². The normalized spacial score (nSPS) is 18.4. The first kappa shape index (κ1) is 19.0. The maximum atomic E-state index is 12.0. The average molecular weight is 325 g/mol. The molecule has 0 radical (unpaired) electrons. The SMILES string of the molecule is CC(C)(C)c1ccc(CCNC(=O)C2CCCCN2)cc1.Cl. The molecule has 1 aromatic rings. The van der Waals surface area contributed by atoms with Crippen LogP contribution in [0.2, 0.25) is 0 Å². The Morgan fingerprint density at radius 3 is 2.45 bits per heavy atom. The smallest absolute Gasteiger partial charge is 0.237 e. The second kappa shape index (κ2) is 8.54. The van der Waals surface area contributed by atoms with Gasteiger partial charge in [0.05, 0.1) is 6.04 Å². The van der Waals surface area contributed by atoms with Gasteiger partial charge in [0.25, 0.3) is 0 Å². The summed E-state index contributed by atoms with van der Waals surface area (Å²) in [6.45, 7) is 8.34. The molecule has 2 rings (SSSR count). The number of amides is 1. The van der Waals surface area contributed by atoms with E-state index in [1.54, 1.807) is 0 Å². The van der Waals surface area contributed by atoms with Gasteiger partial charge in [-0.3, -0.25) is 4.79 Å². The van der Waals surface area contributed by atoms with E-state index in [1.807, 2.05) is 0 Å². The standard InChI is InChI=1S/C18H28N2O.ClH/c1-18(2,3)15-9-7-14(8-10-15)11-13-20-17(21)16-6-4-5-12-19-16;/h7-10,16,19H,4-6,11-13H2,1-3H3,(H,20,21);1H. The Kier molecular flexibility index (Phi) is 7.37. The van der Waals surface area contributed by atoms with Crippen LogP contribution in [0, 0.1) is 0 Å². The van der Waals surface area contributed by atoms with Crippen molar-refractivity contribution in [1.82, 2.24) is 10.6 Å². The average Bonchev–Trinajstić information content (AvgIpc) is 2.47. The molecule has 0 spiro atoms. The third-order valence-corrected chi connectivity index (χ3v) is 4.16. The fourth-order valence-corrected chi connectivity index (χ4v) is 2.70. The zero-order valence-corrected chi connectivity index (χ0v) is 14.8. The van der Waals surface area contributed by atoms with Crippen LogP contribution in [0.3, 0.4) is 0 Å². The van der Waals surface area contributed by atoms with Crippen molar-refractivity contribution in [3.8, 4) is 0 Å². The third kappa shape index (κ3) is 5.62. The van der Waals surface area contributed by atoms with E-state index in [4.69, 9.17) is 0 Å². The van der Waals surface area contributed by atoms with Crippen LogP contribution in [-0.4, -0.2) is 25.0 Å². The lowest BCUT2D eigenvalue weighted by molar-refractivity contribution is -0.123. The van der Waals surface area contributed by atoms with Crippen LogP contribution >= 0.6 is 12.4 Å². The Labute approximate surface area is 140 Å². The van der Waals surface area contributed by atoms with E-state index in [0.29, 0.717) is 6.54 Å². The molecule has 1 aliphatic heterocycles. The largest absolute Gasteiger partial charge is 0.354 e. The molecule has 1 aliphatic rings. The van der Waals surface area contributed by atoms with Crippen molar-refractivity contribution in [2.75, 3.05) is 13.1 Å². The molecule has 4 heteroatoms. The second-order valence-electron chi connectivity index (χ2n) is 6.99. The maximum Gasteiger partial charge on any atom is 0.237 e. The van der Waals surface area contributed by atoms with Crippen LogP contribution < -0.4 is 10.6 Å². The van der Waals surface area contributed by atoms with Crippen LogP contribution in [0.1, 0.15) is 51.2 Å². The molecule has 0 saturated carbocycles. The van der Waals surface area contributed by atoms with Crippen molar-refractivity contribution >= 4 is 18.3 Å². The molecule has 1 aromatic carbocycles. The summed E-state index contributed by atoms with van der Waals surface area (Å²) in [6, 6.07) is 8.75. The van der Waals surface area contributed by atoms with Gasteiger partial charge in [0.15, 0.2) is 0 Å². The Morgan fingerprint density at radius 1 is 1.23 bits per heavy atom. The number of carbonyl (C=O) groups excluding carboxylic acids is 1. The van der Waals surface area contributed by atoms with Crippen molar-refractivity contribution < 1.29 is 4.79 Å². The number of rotatable bonds is 4. The Hall–Kier alpha value is -1.06. The maximum absolute atomic E-state index is 12.0. The molecule has 1 saturated heterocycles. The van der Waals surface area contributed by atoms with Crippen molar-refractivity contribution in [2.24, 2.45) is 0 Å². The highest BCUT2D eigenvalue weighted by Crippen LogP contribution is 2.22. The molecule has 1 heterocycles. The first-order chi connectivity index (χ1) is 9.97. The fourth-order valence-electron chi connectivity index (χ4n) is 2.70. The van der Waals surface area contributed by atoms with Crippen molar-refractivity contribution in [1.29, 1.82) is 0 Å². The number of hydrogen-bond donors (Lipinski definition) is 2. The first-order valence-corrected chi connectivity index (χ1v) is 8.07. The minimum absolute atomic E-state index is 0. The molecule has 0 aliphatic carbocycles. The van der Waals surface area contributed by atoms with Crippen molar-refractivity contribution in [3.63, 3.8) is 0 Å². The van der Waals surface area contributed by atoms with Crippen LogP contribution in [0.15, 0.2) is 24.3 Å². The summed E-state index contributed by atoms with van der Waals surface area (Å²) in [7, 11) is 0. The molecular weight excluding hydrogens is 296 g/mol. The van der Waals surface area contributed by atoms with Gasteiger partial charge in [0, 0.05) is 6.54 Å². The van der Waals surface area contributed by atoms with Gasteiger partial charge < -0.3 is 10.6 Å². The summed E-state index contributed by atoms with van der Waals surface area (Å²) in [5, 5.41) is 6.32. The molecule has 1 atom stereocenters. The molecule has 2 N–H and O–H groups in total. The van der Waals surface area contributed by atoms with E-state index >= 15 is 0 Å². The molecule has 0 bridgehead atoms. The second-order valence-corrected chi connectivity index (χ2v) is 6.99. The number of halogens is 1. The highest BCUT2D eigenvalue weighted by atomic mass is 35.5. The molecule has 1 unspecified atom stereocenters. The third-order valence-electron chi connectivity index (χ3n) is 4.16. The molecular formula is C18H29ClN2O. The predicted molar refractivity (Wildman–Crippen MR) is 94.7 cm³/mol. The molecule has 1 amide bonds. The van der Waals surface area contributed by atoms with E-state index in [0.717, 1.165) is 25.8 Å². The quantitative estimate of drug-likeness (QED) is 0.893. The number of nitrogens with one attached hydrogen (secondary N) is 2. The molecule has 22 heavy (non-hydrogen) atoms. The zero-order valence-electron chi connectivity index (χ0n) is 13.9. The van der Waals surface area contributed by atoms with E-state index in [9.17, 15) is 4.79 Å². The lowest BCUT2D eigenvalue weighted by atomic mass is 9.86. The number of benzene rings is 1. The van der Waals surface area contributed by atoms with Gasteiger partial charge in [-0.25, -0.2) is 0 Å². The monoisotopic (exact) mass is 324 g/mol.